The standard InChI is InChI=1S/C21H31NO6Si/c1-6-10-17(19(23)27-13-14-29(3,4)5)18(20(24)26-2)22-21(25)28-15-16-11-8-7-9-12-16/h6-9,11-12,17-18H,1,10,13-15H2,2-5H3,(H,22,25)/t17-,18+/m1/s1. The number of hydrogen-bond acceptors (Lipinski definition) is 6. The highest BCUT2D eigenvalue weighted by atomic mass is 28.3. The van der Waals surface area contributed by atoms with Gasteiger partial charge in [0.15, 0.2) is 0 Å². The largest absolute Gasteiger partial charge is 0.467 e. The van der Waals surface area contributed by atoms with Gasteiger partial charge in [0.05, 0.1) is 19.6 Å². The molecule has 0 saturated heterocycles. The predicted octanol–water partition coefficient (Wildman–Crippen LogP) is 3.53. The lowest BCUT2D eigenvalue weighted by Crippen LogP contribution is -2.49. The third-order valence-electron chi connectivity index (χ3n) is 4.16. The zero-order valence-electron chi connectivity index (χ0n) is 17.6. The number of carbonyl (C=O) groups is 3. The molecule has 0 spiro atoms. The first-order valence-electron chi connectivity index (χ1n) is 9.50. The summed E-state index contributed by atoms with van der Waals surface area (Å²) in [5.41, 5.74) is 0.797. The first-order valence-corrected chi connectivity index (χ1v) is 13.2. The minimum absolute atomic E-state index is 0.0351. The van der Waals surface area contributed by atoms with Gasteiger partial charge in [-0.05, 0) is 18.0 Å². The van der Waals surface area contributed by atoms with Crippen LogP contribution < -0.4 is 5.32 Å². The van der Waals surface area contributed by atoms with Crippen molar-refractivity contribution in [2.75, 3.05) is 13.7 Å². The maximum atomic E-state index is 12.6. The molecule has 1 amide bonds. The molecule has 0 bridgehead atoms. The second-order valence-corrected chi connectivity index (χ2v) is 13.4. The van der Waals surface area contributed by atoms with Crippen LogP contribution >= 0.6 is 0 Å². The molecular weight excluding hydrogens is 390 g/mol. The van der Waals surface area contributed by atoms with Crippen molar-refractivity contribution < 1.29 is 28.6 Å². The van der Waals surface area contributed by atoms with Gasteiger partial charge in [-0.25, -0.2) is 9.59 Å². The second kappa shape index (κ2) is 12.1. The highest BCUT2D eigenvalue weighted by Crippen LogP contribution is 2.16. The van der Waals surface area contributed by atoms with Crippen molar-refractivity contribution in [3.05, 3.63) is 48.6 Å². The van der Waals surface area contributed by atoms with Crippen LogP contribution in [0.3, 0.4) is 0 Å². The van der Waals surface area contributed by atoms with Gasteiger partial charge in [-0.1, -0.05) is 56.0 Å². The molecule has 1 aromatic carbocycles. The molecule has 0 radical (unpaired) electrons. The number of esters is 2. The van der Waals surface area contributed by atoms with Crippen molar-refractivity contribution in [3.8, 4) is 0 Å². The summed E-state index contributed by atoms with van der Waals surface area (Å²) >= 11 is 0. The molecule has 0 aliphatic heterocycles. The summed E-state index contributed by atoms with van der Waals surface area (Å²) in [7, 11) is -0.193. The van der Waals surface area contributed by atoms with Crippen molar-refractivity contribution in [2.45, 2.75) is 44.8 Å². The number of hydrogen-bond donors (Lipinski definition) is 1. The summed E-state index contributed by atoms with van der Waals surface area (Å²) in [5.74, 6) is -2.29. The number of alkyl carbamates (subject to hydrolysis) is 1. The van der Waals surface area contributed by atoms with Gasteiger partial charge >= 0.3 is 18.0 Å². The average Bonchev–Trinajstić information content (AvgIpc) is 2.68. The van der Waals surface area contributed by atoms with Crippen molar-refractivity contribution >= 4 is 26.1 Å². The van der Waals surface area contributed by atoms with Gasteiger partial charge in [-0.2, -0.15) is 0 Å². The number of allylic oxidation sites excluding steroid dienone is 1. The van der Waals surface area contributed by atoms with Crippen molar-refractivity contribution in [3.63, 3.8) is 0 Å². The zero-order valence-corrected chi connectivity index (χ0v) is 18.6. The lowest BCUT2D eigenvalue weighted by atomic mass is 9.96. The summed E-state index contributed by atoms with van der Waals surface area (Å²) in [6, 6.07) is 8.68. The van der Waals surface area contributed by atoms with E-state index < -0.39 is 38.1 Å². The fraction of sp³-hybridized carbons (Fsp3) is 0.476. The molecule has 2 atom stereocenters. The first-order chi connectivity index (χ1) is 13.7. The van der Waals surface area contributed by atoms with Gasteiger partial charge in [0.1, 0.15) is 12.6 Å². The van der Waals surface area contributed by atoms with E-state index in [1.54, 1.807) is 0 Å². The van der Waals surface area contributed by atoms with Crippen molar-refractivity contribution in [1.29, 1.82) is 0 Å². The number of methoxy groups -OCH3 is 1. The van der Waals surface area contributed by atoms with Crippen LogP contribution in [-0.4, -0.2) is 45.9 Å². The summed E-state index contributed by atoms with van der Waals surface area (Å²) in [6.07, 6.45) is 0.815. The summed E-state index contributed by atoms with van der Waals surface area (Å²) < 4.78 is 15.3. The average molecular weight is 422 g/mol. The second-order valence-electron chi connectivity index (χ2n) is 7.82. The maximum absolute atomic E-state index is 12.6. The number of ether oxygens (including phenoxy) is 3. The molecule has 8 heteroatoms. The van der Waals surface area contributed by atoms with E-state index in [0.29, 0.717) is 0 Å². The topological polar surface area (TPSA) is 90.9 Å². The summed E-state index contributed by atoms with van der Waals surface area (Å²) in [4.78, 5) is 37.0. The van der Waals surface area contributed by atoms with E-state index >= 15 is 0 Å². The predicted molar refractivity (Wildman–Crippen MR) is 113 cm³/mol. The Bertz CT molecular complexity index is 686. The molecular formula is C21H31NO6Si. The minimum Gasteiger partial charge on any atom is -0.467 e. The smallest absolute Gasteiger partial charge is 0.408 e. The Labute approximate surface area is 173 Å². The summed E-state index contributed by atoms with van der Waals surface area (Å²) in [6.45, 7) is 10.4. The molecule has 1 rings (SSSR count). The normalized spacial score (nSPS) is 13.0. The molecule has 1 N–H and O–H groups in total. The van der Waals surface area contributed by atoms with Gasteiger partial charge in [0.2, 0.25) is 0 Å². The van der Waals surface area contributed by atoms with Crippen molar-refractivity contribution in [2.24, 2.45) is 5.92 Å². The van der Waals surface area contributed by atoms with Crippen LogP contribution in [0.2, 0.25) is 25.7 Å². The van der Waals surface area contributed by atoms with E-state index in [4.69, 9.17) is 14.2 Å². The highest BCUT2D eigenvalue weighted by Gasteiger charge is 2.36. The van der Waals surface area contributed by atoms with Gasteiger partial charge < -0.3 is 19.5 Å². The van der Waals surface area contributed by atoms with Gasteiger partial charge in [0.25, 0.3) is 0 Å². The Hall–Kier alpha value is -2.61. The third-order valence-corrected chi connectivity index (χ3v) is 5.87. The van der Waals surface area contributed by atoms with E-state index in [9.17, 15) is 14.4 Å². The van der Waals surface area contributed by atoms with E-state index in [-0.39, 0.29) is 19.6 Å². The quantitative estimate of drug-likeness (QED) is 0.254. The number of carbonyl (C=O) groups excluding carboxylic acids is 3. The molecule has 0 aromatic heterocycles. The van der Waals surface area contributed by atoms with Crippen molar-refractivity contribution in [1.82, 2.24) is 5.32 Å². The molecule has 0 heterocycles. The molecule has 0 fully saturated rings. The molecule has 1 aromatic rings. The minimum atomic E-state index is -1.38. The number of rotatable bonds is 11. The SMILES string of the molecule is C=CC[C@@H](C(=O)OCC[Si](C)(C)C)[C@H](NC(=O)OCc1ccccc1)C(=O)OC. The van der Waals surface area contributed by atoms with Crippen LogP contribution in [-0.2, 0) is 30.4 Å². The van der Waals surface area contributed by atoms with E-state index in [1.165, 1.54) is 13.2 Å². The summed E-state index contributed by atoms with van der Waals surface area (Å²) in [5, 5.41) is 2.43. The highest BCUT2D eigenvalue weighted by molar-refractivity contribution is 6.76. The van der Waals surface area contributed by atoms with Crippen LogP contribution in [0.1, 0.15) is 12.0 Å². The van der Waals surface area contributed by atoms with Gasteiger partial charge in [0, 0.05) is 8.07 Å². The Morgan fingerprint density at radius 2 is 1.76 bits per heavy atom. The number of nitrogens with one attached hydrogen (secondary N) is 1. The van der Waals surface area contributed by atoms with Crippen LogP contribution in [0.15, 0.2) is 43.0 Å². The lowest BCUT2D eigenvalue weighted by Gasteiger charge is -2.24. The molecule has 0 aliphatic rings. The van der Waals surface area contributed by atoms with E-state index in [2.05, 4.69) is 31.5 Å². The first kappa shape index (κ1) is 24.4. The molecule has 7 nitrogen and oxygen atoms in total. The van der Waals surface area contributed by atoms with Gasteiger partial charge in [-0.3, -0.25) is 4.79 Å². The molecule has 160 valence electrons. The fourth-order valence-electron chi connectivity index (χ4n) is 2.46. The third kappa shape index (κ3) is 9.42. The lowest BCUT2D eigenvalue weighted by molar-refractivity contribution is -0.156. The van der Waals surface area contributed by atoms with Crippen LogP contribution in [0, 0.1) is 5.92 Å². The van der Waals surface area contributed by atoms with Crippen LogP contribution in [0.25, 0.3) is 0 Å². The van der Waals surface area contributed by atoms with Gasteiger partial charge in [-0.15, -0.1) is 6.58 Å². The van der Waals surface area contributed by atoms with E-state index in [1.807, 2.05) is 30.3 Å². The Kier molecular flexibility index (Phi) is 10.2. The monoisotopic (exact) mass is 421 g/mol. The molecule has 0 saturated carbocycles. The van der Waals surface area contributed by atoms with Crippen LogP contribution in [0.5, 0.6) is 0 Å². The van der Waals surface area contributed by atoms with E-state index in [0.717, 1.165) is 11.6 Å². The molecule has 29 heavy (non-hydrogen) atoms. The Morgan fingerprint density at radius 1 is 1.10 bits per heavy atom. The number of amides is 1. The Morgan fingerprint density at radius 3 is 2.31 bits per heavy atom. The maximum Gasteiger partial charge on any atom is 0.408 e. The Balaban J connectivity index is 2.79. The zero-order chi connectivity index (χ0) is 21.9. The molecule has 0 unspecified atom stereocenters. The number of benzene rings is 1. The van der Waals surface area contributed by atoms with Crippen LogP contribution in [0.4, 0.5) is 4.79 Å². The fourth-order valence-corrected chi connectivity index (χ4v) is 3.17. The molecule has 0 aliphatic carbocycles.